The van der Waals surface area contributed by atoms with Crippen LogP contribution in [0.15, 0.2) is 11.3 Å². The average Bonchev–Trinajstić information content (AvgIpc) is 2.52. The van der Waals surface area contributed by atoms with Gasteiger partial charge in [0.1, 0.15) is 5.76 Å². The number of carbonyl (C=O) groups is 2. The van der Waals surface area contributed by atoms with E-state index >= 15 is 0 Å². The van der Waals surface area contributed by atoms with Crippen molar-refractivity contribution in [2.75, 3.05) is 6.61 Å². The normalized spacial score (nSPS) is 15.3. The molecule has 0 aromatic rings. The van der Waals surface area contributed by atoms with Crippen LogP contribution in [0, 0.1) is 0 Å². The van der Waals surface area contributed by atoms with Gasteiger partial charge in [0.2, 0.25) is 0 Å². The van der Waals surface area contributed by atoms with Crippen molar-refractivity contribution in [1.82, 2.24) is 0 Å². The van der Waals surface area contributed by atoms with E-state index in [4.69, 9.17) is 9.47 Å². The van der Waals surface area contributed by atoms with Crippen LogP contribution in [0.3, 0.4) is 0 Å². The van der Waals surface area contributed by atoms with Gasteiger partial charge in [-0.15, -0.1) is 0 Å². The van der Waals surface area contributed by atoms with E-state index in [9.17, 15) is 9.59 Å². The molecule has 0 atom stereocenters. The van der Waals surface area contributed by atoms with Crippen molar-refractivity contribution in [1.29, 1.82) is 0 Å². The second-order valence-electron chi connectivity index (χ2n) is 3.46. The Bertz CT molecular complexity index is 291. The number of hydrogen-bond acceptors (Lipinski definition) is 4. The quantitative estimate of drug-likeness (QED) is 0.668. The van der Waals surface area contributed by atoms with Gasteiger partial charge in [0, 0.05) is 13.3 Å². The second kappa shape index (κ2) is 5.53. The van der Waals surface area contributed by atoms with Crippen molar-refractivity contribution in [3.63, 3.8) is 0 Å². The highest BCUT2D eigenvalue weighted by Gasteiger charge is 2.20. The van der Waals surface area contributed by atoms with Crippen LogP contribution < -0.4 is 0 Å². The van der Waals surface area contributed by atoms with E-state index in [1.54, 1.807) is 6.92 Å². The molecule has 0 saturated heterocycles. The minimum Gasteiger partial charge on any atom is -0.466 e. The largest absolute Gasteiger partial charge is 0.466 e. The van der Waals surface area contributed by atoms with Crippen LogP contribution in [-0.2, 0) is 19.1 Å². The molecule has 1 rings (SSSR count). The lowest BCUT2D eigenvalue weighted by Crippen LogP contribution is -2.06. The second-order valence-corrected chi connectivity index (χ2v) is 3.46. The third-order valence-corrected chi connectivity index (χ3v) is 2.21. The Kier molecular flexibility index (Phi) is 4.34. The monoisotopic (exact) mass is 212 g/mol. The topological polar surface area (TPSA) is 52.6 Å². The molecule has 4 heteroatoms. The first-order chi connectivity index (χ1) is 7.13. The fraction of sp³-hybridized carbons (Fsp3) is 0.636. The van der Waals surface area contributed by atoms with Crippen molar-refractivity contribution in [3.05, 3.63) is 11.3 Å². The van der Waals surface area contributed by atoms with Gasteiger partial charge in [0.05, 0.1) is 13.0 Å². The summed E-state index contributed by atoms with van der Waals surface area (Å²) < 4.78 is 9.88. The summed E-state index contributed by atoms with van der Waals surface area (Å²) in [4.78, 5) is 22.0. The van der Waals surface area contributed by atoms with Gasteiger partial charge in [-0.05, 0) is 25.3 Å². The average molecular weight is 212 g/mol. The first-order valence-corrected chi connectivity index (χ1v) is 5.18. The van der Waals surface area contributed by atoms with Crippen molar-refractivity contribution < 1.29 is 19.1 Å². The highest BCUT2D eigenvalue weighted by atomic mass is 16.5. The molecule has 0 radical (unpaired) electrons. The van der Waals surface area contributed by atoms with Crippen molar-refractivity contribution in [2.45, 2.75) is 39.5 Å². The van der Waals surface area contributed by atoms with Crippen LogP contribution in [-0.4, -0.2) is 18.5 Å². The van der Waals surface area contributed by atoms with Crippen molar-refractivity contribution >= 4 is 11.9 Å². The van der Waals surface area contributed by atoms with Crippen LogP contribution in [0.5, 0.6) is 0 Å². The SMILES string of the molecule is CCOC(=O)CC1=C(OC(C)=O)CCC1. The third-order valence-electron chi connectivity index (χ3n) is 2.21. The van der Waals surface area contributed by atoms with E-state index in [1.807, 2.05) is 0 Å². The van der Waals surface area contributed by atoms with Gasteiger partial charge in [-0.25, -0.2) is 0 Å². The summed E-state index contributed by atoms with van der Waals surface area (Å²) in [5.74, 6) is 0.0860. The maximum Gasteiger partial charge on any atom is 0.310 e. The van der Waals surface area contributed by atoms with Gasteiger partial charge in [-0.3, -0.25) is 9.59 Å². The predicted octanol–water partition coefficient (Wildman–Crippen LogP) is 1.94. The fourth-order valence-corrected chi connectivity index (χ4v) is 1.65. The van der Waals surface area contributed by atoms with Gasteiger partial charge in [0.15, 0.2) is 0 Å². The van der Waals surface area contributed by atoms with Crippen molar-refractivity contribution in [2.24, 2.45) is 0 Å². The molecular formula is C11H16O4. The Morgan fingerprint density at radius 3 is 2.67 bits per heavy atom. The van der Waals surface area contributed by atoms with Gasteiger partial charge in [0.25, 0.3) is 0 Å². The molecule has 0 amide bonds. The van der Waals surface area contributed by atoms with Gasteiger partial charge in [-0.2, -0.15) is 0 Å². The number of esters is 2. The van der Waals surface area contributed by atoms with Gasteiger partial charge in [-0.1, -0.05) is 0 Å². The first-order valence-electron chi connectivity index (χ1n) is 5.18. The molecule has 0 heterocycles. The summed E-state index contributed by atoms with van der Waals surface area (Å²) in [7, 11) is 0. The Morgan fingerprint density at radius 1 is 1.33 bits per heavy atom. The summed E-state index contributed by atoms with van der Waals surface area (Å²) in [6, 6.07) is 0. The Labute approximate surface area is 89.2 Å². The Morgan fingerprint density at radius 2 is 2.07 bits per heavy atom. The number of rotatable bonds is 4. The van der Waals surface area contributed by atoms with Crippen LogP contribution in [0.1, 0.15) is 39.5 Å². The zero-order valence-corrected chi connectivity index (χ0v) is 9.17. The smallest absolute Gasteiger partial charge is 0.310 e. The van der Waals surface area contributed by atoms with E-state index in [0.29, 0.717) is 12.4 Å². The Hall–Kier alpha value is -1.32. The van der Waals surface area contributed by atoms with E-state index in [-0.39, 0.29) is 18.4 Å². The van der Waals surface area contributed by atoms with E-state index in [1.165, 1.54) is 6.92 Å². The number of allylic oxidation sites excluding steroid dienone is 1. The zero-order valence-electron chi connectivity index (χ0n) is 9.17. The molecule has 15 heavy (non-hydrogen) atoms. The molecule has 0 bridgehead atoms. The van der Waals surface area contributed by atoms with Crippen molar-refractivity contribution in [3.8, 4) is 0 Å². The summed E-state index contributed by atoms with van der Waals surface area (Å²) >= 11 is 0. The molecule has 0 aromatic heterocycles. The molecule has 1 aliphatic rings. The standard InChI is InChI=1S/C11H16O4/c1-3-14-11(13)7-9-5-4-6-10(9)15-8(2)12/h3-7H2,1-2H3. The zero-order chi connectivity index (χ0) is 11.3. The summed E-state index contributed by atoms with van der Waals surface area (Å²) in [5.41, 5.74) is 0.906. The maximum absolute atomic E-state index is 11.2. The molecule has 1 aliphatic carbocycles. The molecule has 84 valence electrons. The fourth-order valence-electron chi connectivity index (χ4n) is 1.65. The predicted molar refractivity (Wildman–Crippen MR) is 53.9 cm³/mol. The lowest BCUT2D eigenvalue weighted by molar-refractivity contribution is -0.143. The molecule has 0 unspecified atom stereocenters. The molecular weight excluding hydrogens is 196 g/mol. The molecule has 0 spiro atoms. The molecule has 0 aliphatic heterocycles. The van der Waals surface area contributed by atoms with E-state index in [2.05, 4.69) is 0 Å². The summed E-state index contributed by atoms with van der Waals surface area (Å²) in [5, 5.41) is 0. The van der Waals surface area contributed by atoms with Crippen LogP contribution >= 0.6 is 0 Å². The molecule has 0 N–H and O–H groups in total. The van der Waals surface area contributed by atoms with Crippen LogP contribution in [0.4, 0.5) is 0 Å². The lowest BCUT2D eigenvalue weighted by Gasteiger charge is -2.06. The third kappa shape index (κ3) is 3.73. The molecule has 0 fully saturated rings. The minimum absolute atomic E-state index is 0.246. The number of hydrogen-bond donors (Lipinski definition) is 0. The summed E-state index contributed by atoms with van der Waals surface area (Å²) in [6.07, 6.45) is 2.75. The van der Waals surface area contributed by atoms with Crippen LogP contribution in [0.25, 0.3) is 0 Å². The maximum atomic E-state index is 11.2. The summed E-state index contributed by atoms with van der Waals surface area (Å²) in [6.45, 7) is 3.52. The van der Waals surface area contributed by atoms with E-state index in [0.717, 1.165) is 24.8 Å². The highest BCUT2D eigenvalue weighted by molar-refractivity contribution is 5.73. The first kappa shape index (κ1) is 11.8. The number of ether oxygens (including phenoxy) is 2. The van der Waals surface area contributed by atoms with Gasteiger partial charge < -0.3 is 9.47 Å². The van der Waals surface area contributed by atoms with Gasteiger partial charge >= 0.3 is 11.9 Å². The molecule has 0 saturated carbocycles. The lowest BCUT2D eigenvalue weighted by atomic mass is 10.1. The number of carbonyl (C=O) groups excluding carboxylic acids is 2. The van der Waals surface area contributed by atoms with E-state index < -0.39 is 0 Å². The molecule has 4 nitrogen and oxygen atoms in total. The Balaban J connectivity index is 2.57. The van der Waals surface area contributed by atoms with Crippen LogP contribution in [0.2, 0.25) is 0 Å². The highest BCUT2D eigenvalue weighted by Crippen LogP contribution is 2.29. The minimum atomic E-state index is -0.326. The molecule has 0 aromatic carbocycles.